The van der Waals surface area contributed by atoms with Gasteiger partial charge in [-0.05, 0) is 19.9 Å². The van der Waals surface area contributed by atoms with Crippen LogP contribution < -0.4 is 0 Å². The Morgan fingerprint density at radius 1 is 1.54 bits per heavy atom. The van der Waals surface area contributed by atoms with Crippen molar-refractivity contribution in [2.45, 2.75) is 19.4 Å². The van der Waals surface area contributed by atoms with E-state index >= 15 is 0 Å². The largest absolute Gasteiger partial charge is 0.466 e. The monoisotopic (exact) mass is 184 g/mol. The second-order valence-corrected chi connectivity index (χ2v) is 2.41. The number of carbonyl (C=O) groups is 2. The SMILES string of the molecule is CC=C=CC(O)(C(C)=O)C(=O)OC. The molecule has 0 bridgehead atoms. The van der Waals surface area contributed by atoms with Gasteiger partial charge in [-0.1, -0.05) is 0 Å². The summed E-state index contributed by atoms with van der Waals surface area (Å²) in [6.07, 6.45) is 2.44. The van der Waals surface area contributed by atoms with Gasteiger partial charge < -0.3 is 9.84 Å². The molecule has 72 valence electrons. The minimum atomic E-state index is -2.21. The van der Waals surface area contributed by atoms with Gasteiger partial charge in [0.15, 0.2) is 5.78 Å². The number of esters is 1. The van der Waals surface area contributed by atoms with Gasteiger partial charge in [0.25, 0.3) is 0 Å². The first-order valence-electron chi connectivity index (χ1n) is 3.69. The standard InChI is InChI=1S/C9H12O4/c1-4-5-6-9(12,7(2)10)8(11)13-3/h4,6,12H,1-3H3. The second-order valence-electron chi connectivity index (χ2n) is 2.41. The second kappa shape index (κ2) is 4.60. The van der Waals surface area contributed by atoms with Crippen LogP contribution in [-0.4, -0.2) is 29.6 Å². The lowest BCUT2D eigenvalue weighted by atomic mass is 10.00. The van der Waals surface area contributed by atoms with Crippen LogP contribution in [-0.2, 0) is 14.3 Å². The molecule has 1 unspecified atom stereocenters. The third-order valence-electron chi connectivity index (χ3n) is 1.49. The van der Waals surface area contributed by atoms with Gasteiger partial charge in [0, 0.05) is 6.08 Å². The highest BCUT2D eigenvalue weighted by Gasteiger charge is 2.39. The van der Waals surface area contributed by atoms with E-state index < -0.39 is 17.4 Å². The summed E-state index contributed by atoms with van der Waals surface area (Å²) >= 11 is 0. The Hall–Kier alpha value is -1.38. The molecule has 0 aliphatic carbocycles. The number of rotatable bonds is 3. The molecular formula is C9H12O4. The number of hydrogen-bond acceptors (Lipinski definition) is 4. The number of carbonyl (C=O) groups excluding carboxylic acids is 2. The third-order valence-corrected chi connectivity index (χ3v) is 1.49. The number of ether oxygens (including phenoxy) is 1. The molecule has 0 saturated carbocycles. The summed E-state index contributed by atoms with van der Waals surface area (Å²) in [4.78, 5) is 21.9. The van der Waals surface area contributed by atoms with Crippen molar-refractivity contribution in [3.8, 4) is 0 Å². The Labute approximate surface area is 76.5 Å². The minimum Gasteiger partial charge on any atom is -0.466 e. The Balaban J connectivity index is 5.07. The van der Waals surface area contributed by atoms with Crippen molar-refractivity contribution < 1.29 is 19.4 Å². The summed E-state index contributed by atoms with van der Waals surface area (Å²) in [6, 6.07) is 0. The van der Waals surface area contributed by atoms with Crippen LogP contribution in [0.5, 0.6) is 0 Å². The summed E-state index contributed by atoms with van der Waals surface area (Å²) in [6.45, 7) is 2.75. The molecule has 0 aliphatic heterocycles. The predicted molar refractivity (Wildman–Crippen MR) is 46.0 cm³/mol. The van der Waals surface area contributed by atoms with E-state index in [0.717, 1.165) is 20.1 Å². The van der Waals surface area contributed by atoms with E-state index in [1.54, 1.807) is 6.92 Å². The number of hydrogen-bond donors (Lipinski definition) is 1. The normalized spacial score (nSPS) is 13.5. The van der Waals surface area contributed by atoms with Gasteiger partial charge >= 0.3 is 5.97 Å². The lowest BCUT2D eigenvalue weighted by Gasteiger charge is -2.16. The molecule has 0 rings (SSSR count). The van der Waals surface area contributed by atoms with Gasteiger partial charge in [-0.25, -0.2) is 4.79 Å². The van der Waals surface area contributed by atoms with Gasteiger partial charge in [-0.15, -0.1) is 5.73 Å². The third kappa shape index (κ3) is 2.54. The lowest BCUT2D eigenvalue weighted by molar-refractivity contribution is -0.162. The zero-order chi connectivity index (χ0) is 10.5. The summed E-state index contributed by atoms with van der Waals surface area (Å²) < 4.78 is 4.28. The minimum absolute atomic E-state index is 0.700. The summed E-state index contributed by atoms with van der Waals surface area (Å²) in [7, 11) is 1.10. The van der Waals surface area contributed by atoms with Crippen molar-refractivity contribution in [3.05, 3.63) is 17.9 Å². The van der Waals surface area contributed by atoms with E-state index in [0.29, 0.717) is 0 Å². The fraction of sp³-hybridized carbons (Fsp3) is 0.444. The highest BCUT2D eigenvalue weighted by Crippen LogP contribution is 2.09. The maximum absolute atomic E-state index is 11.0. The van der Waals surface area contributed by atoms with Crippen LogP contribution >= 0.6 is 0 Å². The molecule has 0 aliphatic rings. The van der Waals surface area contributed by atoms with Crippen LogP contribution in [0.3, 0.4) is 0 Å². The lowest BCUT2D eigenvalue weighted by Crippen LogP contribution is -2.44. The van der Waals surface area contributed by atoms with Crippen molar-refractivity contribution in [1.29, 1.82) is 0 Å². The van der Waals surface area contributed by atoms with Gasteiger partial charge in [-0.3, -0.25) is 4.79 Å². The highest BCUT2D eigenvalue weighted by atomic mass is 16.5. The maximum Gasteiger partial charge on any atom is 0.350 e. The molecule has 0 aromatic heterocycles. The van der Waals surface area contributed by atoms with Crippen molar-refractivity contribution in [1.82, 2.24) is 0 Å². The molecule has 0 heterocycles. The van der Waals surface area contributed by atoms with E-state index in [1.165, 1.54) is 6.08 Å². The molecule has 0 saturated heterocycles. The van der Waals surface area contributed by atoms with Crippen molar-refractivity contribution >= 4 is 11.8 Å². The number of ketones is 1. The molecule has 0 amide bonds. The topological polar surface area (TPSA) is 63.6 Å². The maximum atomic E-state index is 11.0. The predicted octanol–water partition coefficient (Wildman–Crippen LogP) is 0.211. The molecule has 0 spiro atoms. The number of aliphatic hydroxyl groups is 1. The molecule has 0 aromatic rings. The van der Waals surface area contributed by atoms with Crippen LogP contribution in [0.4, 0.5) is 0 Å². The van der Waals surface area contributed by atoms with Crippen molar-refractivity contribution in [2.24, 2.45) is 0 Å². The average molecular weight is 184 g/mol. The molecule has 0 aromatic carbocycles. The van der Waals surface area contributed by atoms with Crippen LogP contribution in [0.1, 0.15) is 13.8 Å². The smallest absolute Gasteiger partial charge is 0.350 e. The van der Waals surface area contributed by atoms with Gasteiger partial charge in [0.2, 0.25) is 5.60 Å². The van der Waals surface area contributed by atoms with Crippen LogP contribution in [0.25, 0.3) is 0 Å². The van der Waals surface area contributed by atoms with Gasteiger partial charge in [0.05, 0.1) is 7.11 Å². The molecule has 0 radical (unpaired) electrons. The summed E-state index contributed by atoms with van der Waals surface area (Å²) in [5, 5.41) is 9.53. The van der Waals surface area contributed by atoms with Crippen molar-refractivity contribution in [3.63, 3.8) is 0 Å². The summed E-state index contributed by atoms with van der Waals surface area (Å²) in [5.74, 6) is -1.71. The van der Waals surface area contributed by atoms with E-state index in [4.69, 9.17) is 0 Å². The zero-order valence-corrected chi connectivity index (χ0v) is 7.83. The Bertz CT molecular complexity index is 269. The number of Topliss-reactive ketones (excluding diaryl/α,β-unsaturated/α-hetero) is 1. The van der Waals surface area contributed by atoms with E-state index in [2.05, 4.69) is 10.5 Å². The summed E-state index contributed by atoms with van der Waals surface area (Å²) in [5.41, 5.74) is 0.257. The molecule has 4 heteroatoms. The van der Waals surface area contributed by atoms with Crippen molar-refractivity contribution in [2.75, 3.05) is 7.11 Å². The molecule has 1 N–H and O–H groups in total. The van der Waals surface area contributed by atoms with E-state index in [-0.39, 0.29) is 0 Å². The van der Waals surface area contributed by atoms with E-state index in [9.17, 15) is 14.7 Å². The molecule has 4 nitrogen and oxygen atoms in total. The average Bonchev–Trinajstić information content (AvgIpc) is 2.12. The first-order valence-corrected chi connectivity index (χ1v) is 3.69. The Morgan fingerprint density at radius 3 is 2.38 bits per heavy atom. The zero-order valence-electron chi connectivity index (χ0n) is 7.83. The first kappa shape index (κ1) is 11.6. The Morgan fingerprint density at radius 2 is 2.08 bits per heavy atom. The molecule has 1 atom stereocenters. The first-order chi connectivity index (χ1) is 5.99. The van der Waals surface area contributed by atoms with Gasteiger partial charge in [-0.2, -0.15) is 0 Å². The van der Waals surface area contributed by atoms with Gasteiger partial charge in [0.1, 0.15) is 0 Å². The van der Waals surface area contributed by atoms with Crippen LogP contribution in [0.15, 0.2) is 17.9 Å². The molecular weight excluding hydrogens is 172 g/mol. The quantitative estimate of drug-likeness (QED) is 0.387. The molecule has 13 heavy (non-hydrogen) atoms. The highest BCUT2D eigenvalue weighted by molar-refractivity contribution is 6.08. The molecule has 0 fully saturated rings. The fourth-order valence-electron chi connectivity index (χ4n) is 0.664. The Kier molecular flexibility index (Phi) is 4.11. The van der Waals surface area contributed by atoms with Crippen LogP contribution in [0.2, 0.25) is 0 Å². The van der Waals surface area contributed by atoms with Crippen LogP contribution in [0, 0.1) is 0 Å². The van der Waals surface area contributed by atoms with E-state index in [1.807, 2.05) is 0 Å². The fourth-order valence-corrected chi connectivity index (χ4v) is 0.664. The number of methoxy groups -OCH3 is 1.